The molecule has 0 aromatic rings. The Hall–Kier alpha value is -1.05. The zero-order valence-electron chi connectivity index (χ0n) is 19.6. The average Bonchev–Trinajstić information content (AvgIpc) is 3.02. The van der Waals surface area contributed by atoms with Gasteiger partial charge in [-0.15, -0.1) is 11.8 Å². The van der Waals surface area contributed by atoms with Crippen LogP contribution < -0.4 is 0 Å². The van der Waals surface area contributed by atoms with Crippen molar-refractivity contribution in [2.24, 2.45) is 5.92 Å². The van der Waals surface area contributed by atoms with Gasteiger partial charge >= 0.3 is 11.9 Å². The molecule has 0 amide bonds. The maximum atomic E-state index is 12.0. The van der Waals surface area contributed by atoms with Gasteiger partial charge in [0, 0.05) is 30.1 Å². The predicted octanol–water partition coefficient (Wildman–Crippen LogP) is 5.11. The Kier molecular flexibility index (Phi) is 15.0. The molecule has 1 aliphatic carbocycles. The lowest BCUT2D eigenvalue weighted by molar-refractivity contribution is -0.141. The molecule has 2 unspecified atom stereocenters. The minimum absolute atomic E-state index is 0.0923. The predicted molar refractivity (Wildman–Crippen MR) is 124 cm³/mol. The van der Waals surface area contributed by atoms with Crippen molar-refractivity contribution in [2.45, 2.75) is 110 Å². The molecule has 0 aromatic heterocycles. The van der Waals surface area contributed by atoms with Crippen LogP contribution in [-0.4, -0.2) is 47.2 Å². The number of thioether (sulfide) groups is 1. The molecule has 1 aliphatic rings. The summed E-state index contributed by atoms with van der Waals surface area (Å²) in [6.45, 7) is 4.08. The van der Waals surface area contributed by atoms with Crippen LogP contribution in [0.5, 0.6) is 0 Å². The van der Waals surface area contributed by atoms with Crippen molar-refractivity contribution < 1.29 is 29.3 Å². The number of aliphatic hydroxyl groups is 2. The van der Waals surface area contributed by atoms with Crippen LogP contribution in [0.3, 0.4) is 0 Å². The highest BCUT2D eigenvalue weighted by atomic mass is 32.2. The van der Waals surface area contributed by atoms with E-state index >= 15 is 0 Å². The Balaban J connectivity index is 2.64. The zero-order chi connectivity index (χ0) is 23.1. The second-order valence-corrected chi connectivity index (χ2v) is 9.49. The molecule has 7 heteroatoms. The number of esters is 2. The minimum Gasteiger partial charge on any atom is -0.469 e. The van der Waals surface area contributed by atoms with Crippen molar-refractivity contribution in [1.29, 1.82) is 0 Å². The first-order chi connectivity index (χ1) is 14.9. The summed E-state index contributed by atoms with van der Waals surface area (Å²) in [5.74, 6) is 0.924. The van der Waals surface area contributed by atoms with E-state index in [1.54, 1.807) is 11.8 Å². The van der Waals surface area contributed by atoms with Crippen LogP contribution in [0.1, 0.15) is 97.3 Å². The van der Waals surface area contributed by atoms with Crippen molar-refractivity contribution in [1.82, 2.24) is 0 Å². The molecule has 3 atom stereocenters. The molecule has 0 saturated heterocycles. The summed E-state index contributed by atoms with van der Waals surface area (Å²) in [5.41, 5.74) is 0. The van der Waals surface area contributed by atoms with Crippen LogP contribution >= 0.6 is 11.8 Å². The zero-order valence-corrected chi connectivity index (χ0v) is 20.4. The van der Waals surface area contributed by atoms with Crippen molar-refractivity contribution in [2.75, 3.05) is 12.9 Å². The summed E-state index contributed by atoms with van der Waals surface area (Å²) >= 11 is 1.65. The second kappa shape index (κ2) is 16.6. The molecule has 0 spiro atoms. The molecule has 0 radical (unpaired) electrons. The van der Waals surface area contributed by atoms with Gasteiger partial charge in [0.2, 0.25) is 0 Å². The molecule has 0 aromatic carbocycles. The fourth-order valence-corrected chi connectivity index (χ4v) is 5.13. The summed E-state index contributed by atoms with van der Waals surface area (Å²) in [6, 6.07) is 0. The molecule has 2 N–H and O–H groups in total. The standard InChI is InChI=1S/C24H42O6S/c1-4-6-8-12-18(25)14-15-19-20(26)17-21(30-23(28)11-5-2)24(19)31-16-10-7-9-13-22(27)29-3/h18-20,25-26H,4-17H2,1-3H3/t18?,19-,20?/m0/s1. The van der Waals surface area contributed by atoms with E-state index in [1.165, 1.54) is 7.11 Å². The van der Waals surface area contributed by atoms with E-state index in [0.717, 1.165) is 62.0 Å². The van der Waals surface area contributed by atoms with Gasteiger partial charge in [0.1, 0.15) is 5.76 Å². The van der Waals surface area contributed by atoms with Crippen molar-refractivity contribution >= 4 is 23.7 Å². The third-order valence-electron chi connectivity index (χ3n) is 5.62. The lowest BCUT2D eigenvalue weighted by Gasteiger charge is -2.20. The lowest BCUT2D eigenvalue weighted by atomic mass is 9.96. The smallest absolute Gasteiger partial charge is 0.310 e. The van der Waals surface area contributed by atoms with Crippen LogP contribution in [-0.2, 0) is 19.1 Å². The molecule has 31 heavy (non-hydrogen) atoms. The van der Waals surface area contributed by atoms with E-state index in [-0.39, 0.29) is 24.0 Å². The number of methoxy groups -OCH3 is 1. The molecule has 0 fully saturated rings. The Morgan fingerprint density at radius 3 is 2.48 bits per heavy atom. The van der Waals surface area contributed by atoms with E-state index < -0.39 is 6.10 Å². The number of hydrogen-bond donors (Lipinski definition) is 2. The third-order valence-corrected chi connectivity index (χ3v) is 6.96. The summed E-state index contributed by atoms with van der Waals surface area (Å²) < 4.78 is 10.3. The molecule has 0 heterocycles. The van der Waals surface area contributed by atoms with Gasteiger partial charge in [-0.05, 0) is 44.3 Å². The van der Waals surface area contributed by atoms with E-state index in [0.29, 0.717) is 37.9 Å². The van der Waals surface area contributed by atoms with Gasteiger partial charge in [-0.3, -0.25) is 9.59 Å². The quantitative estimate of drug-likeness (QED) is 0.231. The van der Waals surface area contributed by atoms with Gasteiger partial charge in [-0.1, -0.05) is 39.5 Å². The van der Waals surface area contributed by atoms with Crippen LogP contribution in [0, 0.1) is 5.92 Å². The van der Waals surface area contributed by atoms with E-state index in [2.05, 4.69) is 11.7 Å². The van der Waals surface area contributed by atoms with E-state index in [1.807, 2.05) is 6.92 Å². The maximum absolute atomic E-state index is 12.0. The molecule has 0 saturated carbocycles. The number of carbonyl (C=O) groups excluding carboxylic acids is 2. The highest BCUT2D eigenvalue weighted by molar-refractivity contribution is 8.03. The van der Waals surface area contributed by atoms with Crippen LogP contribution in [0.4, 0.5) is 0 Å². The first kappa shape index (κ1) is 28.0. The Bertz CT molecular complexity index is 562. The first-order valence-corrected chi connectivity index (χ1v) is 12.9. The monoisotopic (exact) mass is 458 g/mol. The topological polar surface area (TPSA) is 93.1 Å². The Morgan fingerprint density at radius 1 is 1.03 bits per heavy atom. The van der Waals surface area contributed by atoms with E-state index in [9.17, 15) is 19.8 Å². The minimum atomic E-state index is -0.575. The van der Waals surface area contributed by atoms with Crippen LogP contribution in [0.25, 0.3) is 0 Å². The van der Waals surface area contributed by atoms with Gasteiger partial charge in [0.05, 0.1) is 19.3 Å². The molecular weight excluding hydrogens is 416 g/mol. The van der Waals surface area contributed by atoms with Crippen molar-refractivity contribution in [3.63, 3.8) is 0 Å². The number of ether oxygens (including phenoxy) is 2. The molecule has 0 bridgehead atoms. The molecule has 0 aliphatic heterocycles. The molecule has 1 rings (SSSR count). The van der Waals surface area contributed by atoms with Crippen molar-refractivity contribution in [3.05, 3.63) is 10.7 Å². The average molecular weight is 459 g/mol. The Morgan fingerprint density at radius 2 is 1.81 bits per heavy atom. The normalized spacial score (nSPS) is 19.5. The number of hydrogen-bond acceptors (Lipinski definition) is 7. The molecular formula is C24H42O6S. The van der Waals surface area contributed by atoms with E-state index in [4.69, 9.17) is 4.74 Å². The van der Waals surface area contributed by atoms with Gasteiger partial charge < -0.3 is 19.7 Å². The maximum Gasteiger partial charge on any atom is 0.310 e. The highest BCUT2D eigenvalue weighted by Gasteiger charge is 2.36. The fourth-order valence-electron chi connectivity index (χ4n) is 3.79. The van der Waals surface area contributed by atoms with Gasteiger partial charge in [-0.2, -0.15) is 0 Å². The summed E-state index contributed by atoms with van der Waals surface area (Å²) in [4.78, 5) is 24.2. The SMILES string of the molecule is CCCCCC(O)CC[C@@H]1C(SCCCCCC(=O)OC)=C(OC(=O)CCC)CC1O. The van der Waals surface area contributed by atoms with Gasteiger partial charge in [0.25, 0.3) is 0 Å². The third kappa shape index (κ3) is 11.4. The van der Waals surface area contributed by atoms with Gasteiger partial charge in [-0.25, -0.2) is 0 Å². The summed E-state index contributed by atoms with van der Waals surface area (Å²) in [7, 11) is 1.40. The number of rotatable bonds is 17. The number of carbonyl (C=O) groups is 2. The largest absolute Gasteiger partial charge is 0.469 e. The first-order valence-electron chi connectivity index (χ1n) is 11.9. The van der Waals surface area contributed by atoms with Crippen molar-refractivity contribution in [3.8, 4) is 0 Å². The number of unbranched alkanes of at least 4 members (excludes halogenated alkanes) is 4. The molecule has 180 valence electrons. The van der Waals surface area contributed by atoms with Crippen LogP contribution in [0.15, 0.2) is 10.7 Å². The second-order valence-electron chi connectivity index (χ2n) is 8.35. The van der Waals surface area contributed by atoms with Crippen LogP contribution in [0.2, 0.25) is 0 Å². The highest BCUT2D eigenvalue weighted by Crippen LogP contribution is 2.43. The summed E-state index contributed by atoms with van der Waals surface area (Å²) in [6.07, 6.45) is 9.00. The summed E-state index contributed by atoms with van der Waals surface area (Å²) in [5, 5.41) is 20.9. The lowest BCUT2D eigenvalue weighted by Crippen LogP contribution is -2.18. The molecule has 6 nitrogen and oxygen atoms in total. The Labute approximate surface area is 192 Å². The van der Waals surface area contributed by atoms with Gasteiger partial charge in [0.15, 0.2) is 0 Å². The fraction of sp³-hybridized carbons (Fsp3) is 0.833. The number of aliphatic hydroxyl groups excluding tert-OH is 2.